The molecular formula is C31H58N4O2. The van der Waals surface area contributed by atoms with Crippen LogP contribution in [0, 0.1) is 29.6 Å². The lowest BCUT2D eigenvalue weighted by Gasteiger charge is -2.33. The minimum Gasteiger partial charge on any atom is -0.379 e. The Morgan fingerprint density at radius 1 is 0.703 bits per heavy atom. The molecule has 0 amide bonds. The highest BCUT2D eigenvalue weighted by Crippen LogP contribution is 2.33. The fourth-order valence-electron chi connectivity index (χ4n) is 6.14. The van der Waals surface area contributed by atoms with Gasteiger partial charge < -0.3 is 20.1 Å². The Morgan fingerprint density at radius 3 is 1.54 bits per heavy atom. The number of ether oxygens (including phenoxy) is 2. The number of aliphatic imine (C=N–C) groups is 2. The number of rotatable bonds is 14. The molecule has 6 atom stereocenters. The molecular weight excluding hydrogens is 460 g/mol. The average Bonchev–Trinajstić information content (AvgIpc) is 2.88. The van der Waals surface area contributed by atoms with E-state index in [0.29, 0.717) is 35.8 Å². The molecule has 1 saturated carbocycles. The quantitative estimate of drug-likeness (QED) is 0.296. The molecule has 2 aliphatic heterocycles. The first-order valence-corrected chi connectivity index (χ1v) is 15.6. The van der Waals surface area contributed by atoms with Gasteiger partial charge in [0.25, 0.3) is 0 Å². The normalized spacial score (nSPS) is 31.5. The maximum atomic E-state index is 6.30. The molecule has 2 N–H and O–H groups in total. The summed E-state index contributed by atoms with van der Waals surface area (Å²) in [5, 5.41) is 7.14. The van der Waals surface area contributed by atoms with Crippen LogP contribution in [0.5, 0.6) is 0 Å². The van der Waals surface area contributed by atoms with Crippen LogP contribution in [0.3, 0.4) is 0 Å². The third kappa shape index (κ3) is 11.8. The predicted octanol–water partition coefficient (Wildman–Crippen LogP) is 5.55. The van der Waals surface area contributed by atoms with Gasteiger partial charge in [-0.1, -0.05) is 47.5 Å². The predicted molar refractivity (Wildman–Crippen MR) is 157 cm³/mol. The van der Waals surface area contributed by atoms with Gasteiger partial charge in [-0.2, -0.15) is 0 Å². The summed E-state index contributed by atoms with van der Waals surface area (Å²) < 4.78 is 12.6. The third-order valence-electron chi connectivity index (χ3n) is 8.57. The summed E-state index contributed by atoms with van der Waals surface area (Å²) in [4.78, 5) is 9.85. The molecule has 0 spiro atoms. The monoisotopic (exact) mass is 518 g/mol. The van der Waals surface area contributed by atoms with E-state index in [4.69, 9.17) is 19.5 Å². The standard InChI is InChI=1S/C31H58N4O2/c1-23(2)30(34-17-28-10-6-8-12-32-28)21-36-19-26-14-25(5)15-27(16-26)20-37-22-31(24(3)4)35-18-29-11-7-9-13-33-29/h17-18,23-33H,6-16,19-22H2,1-5H3. The van der Waals surface area contributed by atoms with E-state index in [0.717, 1.165) is 45.4 Å². The zero-order valence-electron chi connectivity index (χ0n) is 24.7. The van der Waals surface area contributed by atoms with Crippen LogP contribution in [0.25, 0.3) is 0 Å². The zero-order chi connectivity index (χ0) is 26.5. The molecule has 3 aliphatic rings. The number of hydrogen-bond acceptors (Lipinski definition) is 6. The van der Waals surface area contributed by atoms with Crippen LogP contribution in [0.15, 0.2) is 9.98 Å². The van der Waals surface area contributed by atoms with Crippen LogP contribution in [0.1, 0.15) is 92.4 Å². The first-order chi connectivity index (χ1) is 17.9. The van der Waals surface area contributed by atoms with Crippen molar-refractivity contribution in [2.75, 3.05) is 39.5 Å². The Balaban J connectivity index is 1.38. The van der Waals surface area contributed by atoms with Crippen molar-refractivity contribution in [3.8, 4) is 0 Å². The van der Waals surface area contributed by atoms with Crippen molar-refractivity contribution in [3.05, 3.63) is 0 Å². The summed E-state index contributed by atoms with van der Waals surface area (Å²) in [5.41, 5.74) is 0. The van der Waals surface area contributed by atoms with Gasteiger partial charge in [-0.3, -0.25) is 9.98 Å². The van der Waals surface area contributed by atoms with Crippen LogP contribution in [0.2, 0.25) is 0 Å². The average molecular weight is 519 g/mol. The van der Waals surface area contributed by atoms with Gasteiger partial charge >= 0.3 is 0 Å². The molecule has 2 heterocycles. The summed E-state index contributed by atoms with van der Waals surface area (Å²) in [6.45, 7) is 16.9. The maximum absolute atomic E-state index is 6.30. The van der Waals surface area contributed by atoms with Gasteiger partial charge in [-0.15, -0.1) is 0 Å². The highest BCUT2D eigenvalue weighted by Gasteiger charge is 2.28. The van der Waals surface area contributed by atoms with Gasteiger partial charge in [0.15, 0.2) is 0 Å². The molecule has 2 saturated heterocycles. The van der Waals surface area contributed by atoms with Crippen molar-refractivity contribution in [3.63, 3.8) is 0 Å². The zero-order valence-corrected chi connectivity index (χ0v) is 24.7. The maximum Gasteiger partial charge on any atom is 0.0752 e. The molecule has 6 heteroatoms. The summed E-state index contributed by atoms with van der Waals surface area (Å²) in [6, 6.07) is 1.39. The Morgan fingerprint density at radius 2 is 1.16 bits per heavy atom. The molecule has 0 radical (unpaired) electrons. The second kappa shape index (κ2) is 17.0. The second-order valence-electron chi connectivity index (χ2n) is 13.0. The Labute approximate surface area is 228 Å². The highest BCUT2D eigenvalue weighted by molar-refractivity contribution is 5.65. The van der Waals surface area contributed by atoms with Crippen molar-refractivity contribution >= 4 is 12.4 Å². The SMILES string of the molecule is CC1CC(COCC(N=CC2CCCCN2)C(C)C)CC(COCC(N=CC2CCCCN2)C(C)C)C1. The molecule has 214 valence electrons. The van der Waals surface area contributed by atoms with E-state index in [2.05, 4.69) is 57.7 Å². The van der Waals surface area contributed by atoms with Crippen LogP contribution in [-0.2, 0) is 9.47 Å². The Kier molecular flexibility index (Phi) is 14.1. The molecule has 0 aromatic carbocycles. The summed E-state index contributed by atoms with van der Waals surface area (Å²) in [6.07, 6.45) is 15.7. The van der Waals surface area contributed by atoms with Crippen LogP contribution in [0.4, 0.5) is 0 Å². The highest BCUT2D eigenvalue weighted by atomic mass is 16.5. The van der Waals surface area contributed by atoms with Crippen molar-refractivity contribution in [2.24, 2.45) is 39.6 Å². The largest absolute Gasteiger partial charge is 0.379 e. The molecule has 0 bridgehead atoms. The Hall–Kier alpha value is -0.820. The number of hydrogen-bond donors (Lipinski definition) is 2. The molecule has 3 rings (SSSR count). The second-order valence-corrected chi connectivity index (χ2v) is 13.0. The van der Waals surface area contributed by atoms with E-state index in [9.17, 15) is 0 Å². The minimum atomic E-state index is 0.251. The van der Waals surface area contributed by atoms with Crippen LogP contribution in [-0.4, -0.2) is 76.1 Å². The molecule has 3 fully saturated rings. The van der Waals surface area contributed by atoms with Gasteiger partial charge in [0.2, 0.25) is 0 Å². The van der Waals surface area contributed by atoms with E-state index in [-0.39, 0.29) is 12.1 Å². The van der Waals surface area contributed by atoms with Crippen molar-refractivity contribution in [2.45, 2.75) is 117 Å². The van der Waals surface area contributed by atoms with Crippen molar-refractivity contribution < 1.29 is 9.47 Å². The molecule has 1 aliphatic carbocycles. The molecule has 0 aromatic heterocycles. The molecule has 6 unspecified atom stereocenters. The van der Waals surface area contributed by atoms with Crippen LogP contribution >= 0.6 is 0 Å². The van der Waals surface area contributed by atoms with Gasteiger partial charge in [0, 0.05) is 37.7 Å². The van der Waals surface area contributed by atoms with Gasteiger partial charge in [-0.25, -0.2) is 0 Å². The topological polar surface area (TPSA) is 67.2 Å². The lowest BCUT2D eigenvalue weighted by Crippen LogP contribution is -2.36. The van der Waals surface area contributed by atoms with E-state index < -0.39 is 0 Å². The smallest absolute Gasteiger partial charge is 0.0752 e. The van der Waals surface area contributed by atoms with E-state index in [1.54, 1.807) is 0 Å². The summed E-state index contributed by atoms with van der Waals surface area (Å²) in [5.74, 6) is 2.99. The van der Waals surface area contributed by atoms with Gasteiger partial charge in [-0.05, 0) is 87.6 Å². The van der Waals surface area contributed by atoms with Gasteiger partial charge in [0.05, 0.1) is 25.3 Å². The molecule has 6 nitrogen and oxygen atoms in total. The minimum absolute atomic E-state index is 0.251. The number of nitrogens with zero attached hydrogens (tertiary/aromatic N) is 2. The molecule has 0 aromatic rings. The first kappa shape index (κ1) is 30.7. The van der Waals surface area contributed by atoms with Crippen molar-refractivity contribution in [1.29, 1.82) is 0 Å². The van der Waals surface area contributed by atoms with E-state index >= 15 is 0 Å². The summed E-state index contributed by atoms with van der Waals surface area (Å²) in [7, 11) is 0. The lowest BCUT2D eigenvalue weighted by molar-refractivity contribution is 0.0187. The third-order valence-corrected chi connectivity index (χ3v) is 8.57. The van der Waals surface area contributed by atoms with Crippen molar-refractivity contribution in [1.82, 2.24) is 10.6 Å². The van der Waals surface area contributed by atoms with E-state index in [1.165, 1.54) is 57.8 Å². The number of piperidine rings is 2. The number of nitrogens with one attached hydrogen (secondary N) is 2. The lowest BCUT2D eigenvalue weighted by atomic mass is 9.76. The van der Waals surface area contributed by atoms with Crippen LogP contribution < -0.4 is 10.6 Å². The molecule has 37 heavy (non-hydrogen) atoms. The Bertz CT molecular complexity index is 602. The fraction of sp³-hybridized carbons (Fsp3) is 0.935. The first-order valence-electron chi connectivity index (χ1n) is 15.6. The summed E-state index contributed by atoms with van der Waals surface area (Å²) >= 11 is 0. The fourth-order valence-corrected chi connectivity index (χ4v) is 6.14. The van der Waals surface area contributed by atoms with Gasteiger partial charge in [0.1, 0.15) is 0 Å². The van der Waals surface area contributed by atoms with E-state index in [1.807, 2.05) is 0 Å².